The Labute approximate surface area is 178 Å². The number of nitrogens with zero attached hydrogens (tertiary/aromatic N) is 2. The monoisotopic (exact) mass is 397 g/mol. The van der Waals surface area contributed by atoms with Crippen LogP contribution in [0, 0.1) is 0 Å². The summed E-state index contributed by atoms with van der Waals surface area (Å²) < 4.78 is 0. The molecule has 0 bridgehead atoms. The van der Waals surface area contributed by atoms with Crippen LogP contribution in [0.5, 0.6) is 0 Å². The van der Waals surface area contributed by atoms with E-state index < -0.39 is 6.04 Å². The van der Waals surface area contributed by atoms with Crippen molar-refractivity contribution < 1.29 is 4.79 Å². The average Bonchev–Trinajstić information content (AvgIpc) is 3.22. The van der Waals surface area contributed by atoms with Crippen LogP contribution < -0.4 is 10.3 Å². The van der Waals surface area contributed by atoms with Gasteiger partial charge in [0, 0.05) is 6.54 Å². The molecule has 1 N–H and O–H groups in total. The molecule has 0 fully saturated rings. The number of anilines is 1. The lowest BCUT2D eigenvalue weighted by atomic mass is 9.84. The van der Waals surface area contributed by atoms with Gasteiger partial charge >= 0.3 is 0 Å². The van der Waals surface area contributed by atoms with Gasteiger partial charge in [-0.05, 0) is 29.7 Å². The van der Waals surface area contributed by atoms with Crippen LogP contribution in [0.4, 0.5) is 5.69 Å². The molecular weight excluding hydrogens is 370 g/mol. The van der Waals surface area contributed by atoms with Crippen LogP contribution in [0.25, 0.3) is 0 Å². The van der Waals surface area contributed by atoms with E-state index in [2.05, 4.69) is 36.5 Å². The number of hydrogen-bond acceptors (Lipinski definition) is 3. The Hall–Kier alpha value is -3.40. The highest BCUT2D eigenvalue weighted by atomic mass is 16.2. The van der Waals surface area contributed by atoms with E-state index in [4.69, 9.17) is 5.10 Å². The molecule has 3 aromatic carbocycles. The first kappa shape index (κ1) is 19.9. The number of hydrazone groups is 1. The van der Waals surface area contributed by atoms with Crippen molar-refractivity contribution >= 4 is 17.3 Å². The zero-order valence-electron chi connectivity index (χ0n) is 17.2. The number of hydrogen-bond donors (Lipinski definition) is 1. The number of benzene rings is 3. The third-order valence-corrected chi connectivity index (χ3v) is 5.44. The molecule has 0 saturated carbocycles. The lowest BCUT2D eigenvalue weighted by Gasteiger charge is -2.27. The maximum absolute atomic E-state index is 13.4. The van der Waals surface area contributed by atoms with Gasteiger partial charge in [0.25, 0.3) is 0 Å². The molecule has 1 aliphatic rings. The quantitative estimate of drug-likeness (QED) is 0.572. The van der Waals surface area contributed by atoms with Gasteiger partial charge in [-0.2, -0.15) is 5.10 Å². The number of nitrogens with one attached hydrogen (secondary N) is 1. The molecule has 4 heteroatoms. The normalized spacial score (nSPS) is 18.2. The molecule has 0 aromatic heterocycles. The standard InChI is InChI=1S/C26H27N3O/c1-2-3-19-27-26(30)25-23(20-13-7-4-8-14-20)24(21-15-9-5-10-16-21)28-29(25)22-17-11-6-12-18-22/h4-18,23,25H,2-3,19H2,1H3,(H,27,30). The summed E-state index contributed by atoms with van der Waals surface area (Å²) in [5.74, 6) is -0.147. The smallest absolute Gasteiger partial charge is 0.245 e. The highest BCUT2D eigenvalue weighted by molar-refractivity contribution is 6.11. The van der Waals surface area contributed by atoms with E-state index in [9.17, 15) is 4.79 Å². The van der Waals surface area contributed by atoms with Gasteiger partial charge in [0.15, 0.2) is 0 Å². The minimum atomic E-state index is -0.443. The Balaban J connectivity index is 1.81. The zero-order chi connectivity index (χ0) is 20.8. The first-order valence-corrected chi connectivity index (χ1v) is 10.6. The van der Waals surface area contributed by atoms with Crippen LogP contribution in [0.3, 0.4) is 0 Å². The summed E-state index contributed by atoms with van der Waals surface area (Å²) in [4.78, 5) is 13.4. The molecule has 152 valence electrons. The molecule has 4 rings (SSSR count). The van der Waals surface area contributed by atoms with E-state index in [-0.39, 0.29) is 11.8 Å². The minimum absolute atomic E-state index is 0.0100. The molecule has 2 atom stereocenters. The summed E-state index contributed by atoms with van der Waals surface area (Å²) in [5, 5.41) is 10.0. The van der Waals surface area contributed by atoms with Gasteiger partial charge in [-0.25, -0.2) is 0 Å². The Bertz CT molecular complexity index is 987. The maximum atomic E-state index is 13.4. The molecule has 1 amide bonds. The van der Waals surface area contributed by atoms with Gasteiger partial charge in [0.05, 0.1) is 17.3 Å². The predicted molar refractivity (Wildman–Crippen MR) is 123 cm³/mol. The van der Waals surface area contributed by atoms with E-state index in [1.807, 2.05) is 71.7 Å². The van der Waals surface area contributed by atoms with Crippen LogP contribution in [-0.2, 0) is 4.79 Å². The van der Waals surface area contributed by atoms with Crippen molar-refractivity contribution in [1.82, 2.24) is 5.32 Å². The van der Waals surface area contributed by atoms with Crippen molar-refractivity contribution in [3.05, 3.63) is 102 Å². The highest BCUT2D eigenvalue weighted by Crippen LogP contribution is 2.37. The van der Waals surface area contributed by atoms with Gasteiger partial charge in [-0.3, -0.25) is 9.80 Å². The number of unbranched alkanes of at least 4 members (excludes halogenated alkanes) is 1. The molecule has 0 spiro atoms. The van der Waals surface area contributed by atoms with Crippen molar-refractivity contribution in [3.8, 4) is 0 Å². The van der Waals surface area contributed by atoms with Crippen LogP contribution in [0.1, 0.15) is 36.8 Å². The van der Waals surface area contributed by atoms with Crippen molar-refractivity contribution in [3.63, 3.8) is 0 Å². The van der Waals surface area contributed by atoms with Crippen LogP contribution in [0.15, 0.2) is 96.1 Å². The summed E-state index contributed by atoms with van der Waals surface area (Å²) in [5.41, 5.74) is 3.96. The molecule has 3 aromatic rings. The molecule has 0 radical (unpaired) electrons. The predicted octanol–water partition coefficient (Wildman–Crippen LogP) is 4.98. The fraction of sp³-hybridized carbons (Fsp3) is 0.231. The summed E-state index contributed by atoms with van der Waals surface area (Å²) in [7, 11) is 0. The van der Waals surface area contributed by atoms with Gasteiger partial charge in [0.1, 0.15) is 6.04 Å². The Morgan fingerprint density at radius 2 is 1.50 bits per heavy atom. The second kappa shape index (κ2) is 9.40. The third-order valence-electron chi connectivity index (χ3n) is 5.44. The molecule has 0 saturated heterocycles. The zero-order valence-corrected chi connectivity index (χ0v) is 17.2. The Kier molecular flexibility index (Phi) is 6.23. The van der Waals surface area contributed by atoms with E-state index in [1.165, 1.54) is 0 Å². The van der Waals surface area contributed by atoms with Gasteiger partial charge < -0.3 is 5.32 Å². The Morgan fingerprint density at radius 1 is 0.900 bits per heavy atom. The summed E-state index contributed by atoms with van der Waals surface area (Å²) in [6.45, 7) is 2.80. The molecule has 4 nitrogen and oxygen atoms in total. The van der Waals surface area contributed by atoms with Crippen molar-refractivity contribution in [2.45, 2.75) is 31.7 Å². The van der Waals surface area contributed by atoms with Crippen LogP contribution in [-0.4, -0.2) is 24.2 Å². The van der Waals surface area contributed by atoms with E-state index in [0.29, 0.717) is 6.54 Å². The number of carbonyl (C=O) groups is 1. The topological polar surface area (TPSA) is 44.7 Å². The first-order valence-electron chi connectivity index (χ1n) is 10.6. The summed E-state index contributed by atoms with van der Waals surface area (Å²) in [6, 6.07) is 29.9. The van der Waals surface area contributed by atoms with Crippen LogP contribution >= 0.6 is 0 Å². The Morgan fingerprint density at radius 3 is 2.13 bits per heavy atom. The van der Waals surface area contributed by atoms with Crippen molar-refractivity contribution in [1.29, 1.82) is 0 Å². The molecule has 2 unspecified atom stereocenters. The van der Waals surface area contributed by atoms with E-state index >= 15 is 0 Å². The molecule has 30 heavy (non-hydrogen) atoms. The molecule has 1 heterocycles. The number of para-hydroxylation sites is 1. The van der Waals surface area contributed by atoms with E-state index in [1.54, 1.807) is 0 Å². The second-order valence-corrected chi connectivity index (χ2v) is 7.51. The fourth-order valence-electron chi connectivity index (χ4n) is 3.93. The molecule has 1 aliphatic heterocycles. The average molecular weight is 398 g/mol. The summed E-state index contributed by atoms with van der Waals surface area (Å²) >= 11 is 0. The highest BCUT2D eigenvalue weighted by Gasteiger charge is 2.43. The van der Waals surface area contributed by atoms with Gasteiger partial charge in [-0.15, -0.1) is 0 Å². The first-order chi connectivity index (χ1) is 14.8. The number of amides is 1. The van der Waals surface area contributed by atoms with E-state index in [0.717, 1.165) is 35.4 Å². The molecule has 0 aliphatic carbocycles. The largest absolute Gasteiger partial charge is 0.354 e. The lowest BCUT2D eigenvalue weighted by Crippen LogP contribution is -2.46. The second-order valence-electron chi connectivity index (χ2n) is 7.51. The maximum Gasteiger partial charge on any atom is 0.245 e. The number of rotatable bonds is 7. The van der Waals surface area contributed by atoms with Gasteiger partial charge in [-0.1, -0.05) is 92.2 Å². The fourth-order valence-corrected chi connectivity index (χ4v) is 3.93. The van der Waals surface area contributed by atoms with Crippen molar-refractivity contribution in [2.24, 2.45) is 5.10 Å². The van der Waals surface area contributed by atoms with Crippen molar-refractivity contribution in [2.75, 3.05) is 11.6 Å². The number of carbonyl (C=O) groups excluding carboxylic acids is 1. The molecular formula is C26H27N3O. The minimum Gasteiger partial charge on any atom is -0.354 e. The SMILES string of the molecule is CCCCNC(=O)C1C(c2ccccc2)C(c2ccccc2)=NN1c1ccccc1. The van der Waals surface area contributed by atoms with Gasteiger partial charge in [0.2, 0.25) is 5.91 Å². The third kappa shape index (κ3) is 4.13. The summed E-state index contributed by atoms with van der Waals surface area (Å²) in [6.07, 6.45) is 2.01. The lowest BCUT2D eigenvalue weighted by molar-refractivity contribution is -0.122. The van der Waals surface area contributed by atoms with Crippen LogP contribution in [0.2, 0.25) is 0 Å².